The summed E-state index contributed by atoms with van der Waals surface area (Å²) >= 11 is 0. The van der Waals surface area contributed by atoms with Gasteiger partial charge in [0.2, 0.25) is 0 Å². The van der Waals surface area contributed by atoms with Crippen molar-refractivity contribution in [1.82, 2.24) is 10.3 Å². The average Bonchev–Trinajstić information content (AvgIpc) is 3.12. The second-order valence-electron chi connectivity index (χ2n) is 6.80. The van der Waals surface area contributed by atoms with Crippen LogP contribution in [0.1, 0.15) is 17.7 Å². The third kappa shape index (κ3) is 4.51. The number of aromatic nitrogens is 1. The highest BCUT2D eigenvalue weighted by atomic mass is 19.4. The summed E-state index contributed by atoms with van der Waals surface area (Å²) in [6.07, 6.45) is -2.00. The van der Waals surface area contributed by atoms with E-state index in [2.05, 4.69) is 15.6 Å². The Morgan fingerprint density at radius 3 is 2.66 bits per heavy atom. The van der Waals surface area contributed by atoms with E-state index in [4.69, 9.17) is 4.42 Å². The number of para-hydroxylation sites is 1. The maximum atomic E-state index is 12.9. The molecule has 2 aromatic heterocycles. The lowest BCUT2D eigenvalue weighted by atomic mass is 10.1. The maximum Gasteiger partial charge on any atom is 0.416 e. The van der Waals surface area contributed by atoms with E-state index in [0.29, 0.717) is 24.0 Å². The van der Waals surface area contributed by atoms with Crippen LogP contribution in [0.5, 0.6) is 0 Å². The number of rotatable bonds is 7. The van der Waals surface area contributed by atoms with E-state index in [1.807, 2.05) is 30.3 Å². The number of halogens is 3. The monoisotopic (exact) mass is 399 g/mol. The zero-order valence-electron chi connectivity index (χ0n) is 15.6. The Hall–Kier alpha value is -3.06. The first-order valence-electron chi connectivity index (χ1n) is 9.39. The van der Waals surface area contributed by atoms with Crippen molar-refractivity contribution in [3.63, 3.8) is 0 Å². The number of fused-ring (bicyclic) bond motifs is 2. The Morgan fingerprint density at radius 2 is 1.83 bits per heavy atom. The lowest BCUT2D eigenvalue weighted by molar-refractivity contribution is -0.137. The van der Waals surface area contributed by atoms with E-state index in [0.717, 1.165) is 47.5 Å². The Bertz CT molecular complexity index is 1090. The molecule has 150 valence electrons. The summed E-state index contributed by atoms with van der Waals surface area (Å²) in [5.74, 6) is 0.889. The van der Waals surface area contributed by atoms with Crippen molar-refractivity contribution in [3.05, 3.63) is 72.1 Å². The number of anilines is 1. The maximum absolute atomic E-state index is 12.9. The number of benzene rings is 2. The molecular formula is C22H20F3N3O. The molecule has 2 aromatic carbocycles. The first kappa shape index (κ1) is 19.3. The molecule has 4 nitrogen and oxygen atoms in total. The van der Waals surface area contributed by atoms with Gasteiger partial charge in [0.05, 0.1) is 17.6 Å². The van der Waals surface area contributed by atoms with Crippen LogP contribution in [0.3, 0.4) is 0 Å². The number of pyridine rings is 1. The molecular weight excluding hydrogens is 379 g/mol. The van der Waals surface area contributed by atoms with Crippen LogP contribution in [0.25, 0.3) is 21.9 Å². The van der Waals surface area contributed by atoms with E-state index in [1.54, 1.807) is 6.07 Å². The fourth-order valence-corrected chi connectivity index (χ4v) is 3.25. The Kier molecular flexibility index (Phi) is 5.40. The van der Waals surface area contributed by atoms with Crippen LogP contribution in [-0.4, -0.2) is 18.1 Å². The van der Waals surface area contributed by atoms with Gasteiger partial charge in [-0.15, -0.1) is 0 Å². The van der Waals surface area contributed by atoms with Crippen molar-refractivity contribution < 1.29 is 17.6 Å². The standard InChI is InChI=1S/C22H20F3N3O/c23-22(24,25)16-6-7-18-19(8-11-28-20(18)13-16)27-10-3-9-26-14-17-12-15-4-1-2-5-21(15)29-17/h1-2,4-8,11-13,26H,3,9-10,14H2,(H,27,28). The molecule has 0 bridgehead atoms. The Labute approximate surface area is 165 Å². The SMILES string of the molecule is FC(F)(F)c1ccc2c(NCCCNCc3cc4ccccc4o3)ccnc2c1. The van der Waals surface area contributed by atoms with E-state index < -0.39 is 11.7 Å². The van der Waals surface area contributed by atoms with Crippen LogP contribution in [-0.2, 0) is 12.7 Å². The van der Waals surface area contributed by atoms with Crippen LogP contribution in [0.15, 0.2) is 65.2 Å². The van der Waals surface area contributed by atoms with Crippen molar-refractivity contribution in [1.29, 1.82) is 0 Å². The quantitative estimate of drug-likeness (QED) is 0.398. The first-order chi connectivity index (χ1) is 14.0. The van der Waals surface area contributed by atoms with E-state index in [9.17, 15) is 13.2 Å². The molecule has 0 aliphatic carbocycles. The number of hydrogen-bond donors (Lipinski definition) is 2. The summed E-state index contributed by atoms with van der Waals surface area (Å²) in [6, 6.07) is 15.3. The van der Waals surface area contributed by atoms with Gasteiger partial charge in [0.15, 0.2) is 0 Å². The van der Waals surface area contributed by atoms with Crippen molar-refractivity contribution in [2.75, 3.05) is 18.4 Å². The summed E-state index contributed by atoms with van der Waals surface area (Å²) in [7, 11) is 0. The minimum atomic E-state index is -4.37. The van der Waals surface area contributed by atoms with Gasteiger partial charge in [-0.1, -0.05) is 24.3 Å². The van der Waals surface area contributed by atoms with Crippen LogP contribution in [0.2, 0.25) is 0 Å². The third-order valence-corrected chi connectivity index (χ3v) is 4.69. The topological polar surface area (TPSA) is 50.1 Å². The van der Waals surface area contributed by atoms with Gasteiger partial charge in [-0.05, 0) is 43.3 Å². The molecule has 0 aliphatic heterocycles. The smallest absolute Gasteiger partial charge is 0.416 e. The number of alkyl halides is 3. The van der Waals surface area contributed by atoms with Crippen molar-refractivity contribution in [3.8, 4) is 0 Å². The zero-order valence-corrected chi connectivity index (χ0v) is 15.6. The highest BCUT2D eigenvalue weighted by Gasteiger charge is 2.30. The summed E-state index contributed by atoms with van der Waals surface area (Å²) in [5.41, 5.74) is 1.29. The fraction of sp³-hybridized carbons (Fsp3) is 0.227. The van der Waals surface area contributed by atoms with Crippen LogP contribution < -0.4 is 10.6 Å². The number of nitrogens with zero attached hydrogens (tertiary/aromatic N) is 1. The summed E-state index contributed by atoms with van der Waals surface area (Å²) in [4.78, 5) is 4.06. The third-order valence-electron chi connectivity index (χ3n) is 4.69. The Balaban J connectivity index is 1.28. The normalized spacial score (nSPS) is 12.0. The van der Waals surface area contributed by atoms with Gasteiger partial charge in [-0.2, -0.15) is 13.2 Å². The first-order valence-corrected chi connectivity index (χ1v) is 9.39. The van der Waals surface area contributed by atoms with Gasteiger partial charge in [-0.25, -0.2) is 0 Å². The van der Waals surface area contributed by atoms with Gasteiger partial charge >= 0.3 is 6.18 Å². The lowest BCUT2D eigenvalue weighted by Crippen LogP contribution is -2.17. The van der Waals surface area contributed by atoms with Crippen LogP contribution in [0.4, 0.5) is 18.9 Å². The molecule has 4 rings (SSSR count). The molecule has 2 N–H and O–H groups in total. The van der Waals surface area contributed by atoms with E-state index in [-0.39, 0.29) is 0 Å². The molecule has 0 radical (unpaired) electrons. The van der Waals surface area contributed by atoms with Gasteiger partial charge in [-0.3, -0.25) is 4.98 Å². The number of nitrogens with one attached hydrogen (secondary N) is 2. The molecule has 0 aliphatic rings. The predicted octanol–water partition coefficient (Wildman–Crippen LogP) is 5.59. The van der Waals surface area contributed by atoms with Gasteiger partial charge in [0.1, 0.15) is 11.3 Å². The number of hydrogen-bond acceptors (Lipinski definition) is 4. The largest absolute Gasteiger partial charge is 0.460 e. The highest BCUT2D eigenvalue weighted by molar-refractivity contribution is 5.91. The molecule has 0 saturated carbocycles. The number of furan rings is 1. The van der Waals surface area contributed by atoms with Crippen LogP contribution >= 0.6 is 0 Å². The van der Waals surface area contributed by atoms with Gasteiger partial charge in [0, 0.05) is 29.2 Å². The molecule has 0 saturated heterocycles. The second-order valence-corrected chi connectivity index (χ2v) is 6.80. The molecule has 29 heavy (non-hydrogen) atoms. The molecule has 7 heteroatoms. The molecule has 0 amide bonds. The van der Waals surface area contributed by atoms with Crippen molar-refractivity contribution in [2.24, 2.45) is 0 Å². The minimum absolute atomic E-state index is 0.327. The minimum Gasteiger partial charge on any atom is -0.460 e. The fourth-order valence-electron chi connectivity index (χ4n) is 3.25. The second kappa shape index (κ2) is 8.13. The predicted molar refractivity (Wildman–Crippen MR) is 108 cm³/mol. The van der Waals surface area contributed by atoms with Gasteiger partial charge in [0.25, 0.3) is 0 Å². The molecule has 0 atom stereocenters. The molecule has 2 heterocycles. The van der Waals surface area contributed by atoms with Crippen molar-refractivity contribution in [2.45, 2.75) is 19.1 Å². The molecule has 4 aromatic rings. The van der Waals surface area contributed by atoms with E-state index in [1.165, 1.54) is 12.3 Å². The highest BCUT2D eigenvalue weighted by Crippen LogP contribution is 2.32. The Morgan fingerprint density at radius 1 is 0.966 bits per heavy atom. The van der Waals surface area contributed by atoms with Crippen molar-refractivity contribution >= 4 is 27.6 Å². The van der Waals surface area contributed by atoms with Gasteiger partial charge < -0.3 is 15.1 Å². The summed E-state index contributed by atoms with van der Waals surface area (Å²) < 4.78 is 44.4. The van der Waals surface area contributed by atoms with E-state index >= 15 is 0 Å². The zero-order chi connectivity index (χ0) is 20.3. The molecule has 0 spiro atoms. The lowest BCUT2D eigenvalue weighted by Gasteiger charge is -2.12. The molecule has 0 unspecified atom stereocenters. The molecule has 0 fully saturated rings. The van der Waals surface area contributed by atoms with Crippen LogP contribution in [0, 0.1) is 0 Å². The summed E-state index contributed by atoms with van der Waals surface area (Å²) in [5, 5.41) is 8.38. The average molecular weight is 399 g/mol. The summed E-state index contributed by atoms with van der Waals surface area (Å²) in [6.45, 7) is 2.12.